The normalized spacial score (nSPS) is 10.9. The van der Waals surface area contributed by atoms with E-state index in [1.807, 2.05) is 6.07 Å². The van der Waals surface area contributed by atoms with E-state index in [1.165, 1.54) is 6.08 Å². The van der Waals surface area contributed by atoms with E-state index in [9.17, 15) is 9.59 Å². The number of nitrogens with one attached hydrogen (secondary N) is 1. The van der Waals surface area contributed by atoms with Crippen LogP contribution < -0.4 is 5.32 Å². The lowest BCUT2D eigenvalue weighted by Crippen LogP contribution is -2.42. The fourth-order valence-electron chi connectivity index (χ4n) is 1.52. The van der Waals surface area contributed by atoms with Gasteiger partial charge in [-0.3, -0.25) is 0 Å². The Hall–Kier alpha value is -2.81. The zero-order valence-electron chi connectivity index (χ0n) is 10.7. The Labute approximate surface area is 116 Å². The molecule has 20 heavy (non-hydrogen) atoms. The molecule has 1 aromatic rings. The van der Waals surface area contributed by atoms with E-state index in [4.69, 9.17) is 10.4 Å². The topological polar surface area (TPSA) is 99.4 Å². The highest BCUT2D eigenvalue weighted by Crippen LogP contribution is 2.07. The van der Waals surface area contributed by atoms with Crippen LogP contribution in [0.15, 0.2) is 36.9 Å². The maximum absolute atomic E-state index is 11.3. The lowest BCUT2D eigenvalue weighted by molar-refractivity contribution is -0.139. The summed E-state index contributed by atoms with van der Waals surface area (Å²) in [7, 11) is 0. The first-order chi connectivity index (χ1) is 9.56. The molecule has 0 saturated carbocycles. The number of amides is 1. The largest absolute Gasteiger partial charge is 0.480 e. The average molecular weight is 274 g/mol. The first-order valence-corrected chi connectivity index (χ1v) is 5.83. The highest BCUT2D eigenvalue weighted by molar-refractivity contribution is 5.80. The second-order valence-electron chi connectivity index (χ2n) is 3.94. The van der Waals surface area contributed by atoms with Gasteiger partial charge in [0, 0.05) is 6.42 Å². The number of carboxylic acids is 1. The third-order valence-electron chi connectivity index (χ3n) is 2.42. The van der Waals surface area contributed by atoms with E-state index >= 15 is 0 Å². The van der Waals surface area contributed by atoms with Crippen LogP contribution >= 0.6 is 0 Å². The number of carbonyl (C=O) groups excluding carboxylic acids is 1. The number of alkyl carbamates (subject to hydrolysis) is 1. The Morgan fingerprint density at radius 2 is 2.30 bits per heavy atom. The van der Waals surface area contributed by atoms with Gasteiger partial charge in [0.25, 0.3) is 0 Å². The van der Waals surface area contributed by atoms with Gasteiger partial charge in [-0.2, -0.15) is 5.26 Å². The maximum Gasteiger partial charge on any atom is 0.408 e. The minimum Gasteiger partial charge on any atom is -0.480 e. The molecule has 0 aromatic heterocycles. The lowest BCUT2D eigenvalue weighted by atomic mass is 10.0. The van der Waals surface area contributed by atoms with E-state index in [1.54, 1.807) is 24.3 Å². The van der Waals surface area contributed by atoms with Crippen molar-refractivity contribution >= 4 is 12.1 Å². The molecule has 0 radical (unpaired) electrons. The van der Waals surface area contributed by atoms with Gasteiger partial charge in [-0.1, -0.05) is 24.8 Å². The van der Waals surface area contributed by atoms with Crippen molar-refractivity contribution in [1.29, 1.82) is 5.26 Å². The number of nitriles is 1. The number of carbonyl (C=O) groups is 2. The van der Waals surface area contributed by atoms with Crippen LogP contribution in [0.2, 0.25) is 0 Å². The Balaban J connectivity index is 2.72. The fraction of sp³-hybridized carbons (Fsp3) is 0.214. The number of hydrogen-bond donors (Lipinski definition) is 2. The van der Waals surface area contributed by atoms with Gasteiger partial charge < -0.3 is 15.2 Å². The van der Waals surface area contributed by atoms with Gasteiger partial charge in [-0.25, -0.2) is 9.59 Å². The van der Waals surface area contributed by atoms with E-state index in [2.05, 4.69) is 16.6 Å². The van der Waals surface area contributed by atoms with Crippen molar-refractivity contribution in [2.45, 2.75) is 12.5 Å². The van der Waals surface area contributed by atoms with Gasteiger partial charge in [-0.05, 0) is 17.7 Å². The van der Waals surface area contributed by atoms with Crippen LogP contribution in [0.25, 0.3) is 0 Å². The summed E-state index contributed by atoms with van der Waals surface area (Å²) < 4.78 is 4.67. The van der Waals surface area contributed by atoms with E-state index in [0.717, 1.165) is 0 Å². The van der Waals surface area contributed by atoms with Crippen LogP contribution in [0.1, 0.15) is 11.1 Å². The molecule has 0 bridgehead atoms. The van der Waals surface area contributed by atoms with E-state index in [-0.39, 0.29) is 13.0 Å². The van der Waals surface area contributed by atoms with Gasteiger partial charge in [0.05, 0.1) is 11.6 Å². The predicted molar refractivity (Wildman–Crippen MR) is 71.0 cm³/mol. The van der Waals surface area contributed by atoms with Gasteiger partial charge in [-0.15, -0.1) is 0 Å². The molecule has 1 aromatic carbocycles. The maximum atomic E-state index is 11.3. The molecule has 1 rings (SSSR count). The number of aliphatic carboxylic acids is 1. The lowest BCUT2D eigenvalue weighted by Gasteiger charge is -2.14. The Morgan fingerprint density at radius 3 is 2.90 bits per heavy atom. The fourth-order valence-corrected chi connectivity index (χ4v) is 1.52. The van der Waals surface area contributed by atoms with Crippen molar-refractivity contribution in [2.24, 2.45) is 0 Å². The Bertz CT molecular complexity index is 548. The summed E-state index contributed by atoms with van der Waals surface area (Å²) in [6.45, 7) is 3.38. The SMILES string of the molecule is C=CCOC(=O)NC(Cc1cccc(C#N)c1)C(=O)O. The third-order valence-corrected chi connectivity index (χ3v) is 2.42. The number of nitrogens with zero attached hydrogens (tertiary/aromatic N) is 1. The van der Waals surface area contributed by atoms with E-state index < -0.39 is 18.1 Å². The van der Waals surface area contributed by atoms with Crippen LogP contribution in [0.3, 0.4) is 0 Å². The van der Waals surface area contributed by atoms with Crippen molar-refractivity contribution in [1.82, 2.24) is 5.32 Å². The van der Waals surface area contributed by atoms with Crippen LogP contribution in [0, 0.1) is 11.3 Å². The van der Waals surface area contributed by atoms with Crippen LogP contribution in [-0.4, -0.2) is 29.8 Å². The molecule has 0 spiro atoms. The summed E-state index contributed by atoms with van der Waals surface area (Å²) in [6.07, 6.45) is 0.619. The zero-order chi connectivity index (χ0) is 15.0. The minimum absolute atomic E-state index is 0.00207. The molecule has 0 heterocycles. The molecule has 104 valence electrons. The van der Waals surface area contributed by atoms with Gasteiger partial charge in [0.2, 0.25) is 0 Å². The molecule has 0 aliphatic heterocycles. The van der Waals surface area contributed by atoms with Crippen molar-refractivity contribution in [2.75, 3.05) is 6.61 Å². The molecule has 2 N–H and O–H groups in total. The van der Waals surface area contributed by atoms with Crippen molar-refractivity contribution in [3.63, 3.8) is 0 Å². The number of ether oxygens (including phenoxy) is 1. The van der Waals surface area contributed by atoms with Crippen LogP contribution in [0.5, 0.6) is 0 Å². The second-order valence-corrected chi connectivity index (χ2v) is 3.94. The van der Waals surface area contributed by atoms with Crippen molar-refractivity contribution in [3.05, 3.63) is 48.0 Å². The first kappa shape index (κ1) is 15.2. The highest BCUT2D eigenvalue weighted by Gasteiger charge is 2.21. The smallest absolute Gasteiger partial charge is 0.408 e. The molecule has 0 saturated heterocycles. The molecule has 6 nitrogen and oxygen atoms in total. The third kappa shape index (κ3) is 4.82. The molecular formula is C14H14N2O4. The van der Waals surface area contributed by atoms with Gasteiger partial charge in [0.1, 0.15) is 12.6 Å². The monoisotopic (exact) mass is 274 g/mol. The molecule has 0 fully saturated rings. The summed E-state index contributed by atoms with van der Waals surface area (Å²) >= 11 is 0. The molecule has 1 atom stereocenters. The van der Waals surface area contributed by atoms with Gasteiger partial charge in [0.15, 0.2) is 0 Å². The predicted octanol–water partition coefficient (Wildman–Crippen LogP) is 1.47. The minimum atomic E-state index is -1.18. The summed E-state index contributed by atoms with van der Waals surface area (Å²) in [5.74, 6) is -1.18. The zero-order valence-corrected chi connectivity index (χ0v) is 10.7. The quantitative estimate of drug-likeness (QED) is 0.765. The molecule has 1 amide bonds. The summed E-state index contributed by atoms with van der Waals surface area (Å²) in [5, 5.41) is 20.1. The second kappa shape index (κ2) is 7.59. The molecule has 6 heteroatoms. The first-order valence-electron chi connectivity index (χ1n) is 5.83. The van der Waals surface area contributed by atoms with Crippen LogP contribution in [0.4, 0.5) is 4.79 Å². The number of carboxylic acid groups (broad SMARTS) is 1. The van der Waals surface area contributed by atoms with Crippen molar-refractivity contribution < 1.29 is 19.4 Å². The standard InChI is InChI=1S/C14H14N2O4/c1-2-6-20-14(19)16-12(13(17)18)8-10-4-3-5-11(7-10)9-15/h2-5,7,12H,1,6,8H2,(H,16,19)(H,17,18). The van der Waals surface area contributed by atoms with Crippen LogP contribution in [-0.2, 0) is 16.0 Å². The molecular weight excluding hydrogens is 260 g/mol. The average Bonchev–Trinajstić information content (AvgIpc) is 2.44. The molecule has 1 unspecified atom stereocenters. The number of rotatable bonds is 6. The number of hydrogen-bond acceptors (Lipinski definition) is 4. The molecule has 0 aliphatic rings. The van der Waals surface area contributed by atoms with E-state index in [0.29, 0.717) is 11.1 Å². The Morgan fingerprint density at radius 1 is 1.55 bits per heavy atom. The summed E-state index contributed by atoms with van der Waals surface area (Å²) in [6, 6.07) is 7.38. The number of benzene rings is 1. The summed E-state index contributed by atoms with van der Waals surface area (Å²) in [4.78, 5) is 22.4. The Kier molecular flexibility index (Phi) is 5.78. The summed E-state index contributed by atoms with van der Waals surface area (Å²) in [5.41, 5.74) is 1.07. The highest BCUT2D eigenvalue weighted by atomic mass is 16.5. The van der Waals surface area contributed by atoms with Gasteiger partial charge >= 0.3 is 12.1 Å². The molecule has 0 aliphatic carbocycles. The van der Waals surface area contributed by atoms with Crippen molar-refractivity contribution in [3.8, 4) is 6.07 Å².